The van der Waals surface area contributed by atoms with Crippen LogP contribution in [0.2, 0.25) is 0 Å². The molecule has 0 spiro atoms. The normalized spacial score (nSPS) is 19.5. The highest BCUT2D eigenvalue weighted by Crippen LogP contribution is 2.48. The van der Waals surface area contributed by atoms with Gasteiger partial charge in [0.1, 0.15) is 30.6 Å². The molecule has 2 heterocycles. The van der Waals surface area contributed by atoms with Gasteiger partial charge in [-0.3, -0.25) is 14.5 Å². The number of amides is 1. The lowest BCUT2D eigenvalue weighted by molar-refractivity contribution is -0.143. The van der Waals surface area contributed by atoms with Crippen molar-refractivity contribution in [2.75, 3.05) is 38.2 Å². The number of hydrogen-bond donors (Lipinski definition) is 2. The third kappa shape index (κ3) is 6.50. The monoisotopic (exact) mass is 608 g/mol. The number of carboxylic acid groups (broad SMARTS) is 1. The minimum absolute atomic E-state index is 0.166. The van der Waals surface area contributed by atoms with Gasteiger partial charge in [-0.05, 0) is 66.3 Å². The summed E-state index contributed by atoms with van der Waals surface area (Å²) >= 11 is 0. The Morgan fingerprint density at radius 1 is 0.977 bits per heavy atom. The van der Waals surface area contributed by atoms with Crippen molar-refractivity contribution in [3.63, 3.8) is 0 Å². The summed E-state index contributed by atoms with van der Waals surface area (Å²) in [4.78, 5) is 28.2. The maximum Gasteiger partial charge on any atom is 0.309 e. The first-order valence-corrected chi connectivity index (χ1v) is 15.1. The lowest BCUT2D eigenvalue weighted by Crippen LogP contribution is -2.36. The number of hydrogen-bond acceptors (Lipinski definition) is 6. The zero-order valence-electron chi connectivity index (χ0n) is 25.2. The summed E-state index contributed by atoms with van der Waals surface area (Å²) in [6.07, 6.45) is 1.77. The van der Waals surface area contributed by atoms with Gasteiger partial charge in [0.05, 0.1) is 25.1 Å². The number of carboxylic acids is 1. The molecule has 0 aliphatic carbocycles. The summed E-state index contributed by atoms with van der Waals surface area (Å²) in [6.45, 7) is 6.89. The molecule has 1 fully saturated rings. The van der Waals surface area contributed by atoms with Crippen LogP contribution in [0.3, 0.4) is 0 Å². The van der Waals surface area contributed by atoms with Crippen molar-refractivity contribution in [2.45, 2.75) is 52.0 Å². The van der Waals surface area contributed by atoms with Crippen LogP contribution in [0, 0.1) is 17.6 Å². The molecule has 3 atom stereocenters. The van der Waals surface area contributed by atoms with Gasteiger partial charge in [-0.15, -0.1) is 0 Å². The van der Waals surface area contributed by atoms with E-state index in [1.165, 1.54) is 18.2 Å². The van der Waals surface area contributed by atoms with E-state index < -0.39 is 35.6 Å². The second-order valence-corrected chi connectivity index (χ2v) is 11.1. The molecular weight excluding hydrogens is 570 g/mol. The van der Waals surface area contributed by atoms with E-state index >= 15 is 4.39 Å². The number of carbonyl (C=O) groups is 2. The van der Waals surface area contributed by atoms with E-state index in [4.69, 9.17) is 14.2 Å². The number of benzene rings is 3. The van der Waals surface area contributed by atoms with Crippen molar-refractivity contribution in [1.82, 2.24) is 4.90 Å². The quantitative estimate of drug-likeness (QED) is 0.270. The van der Waals surface area contributed by atoms with Gasteiger partial charge in [-0.25, -0.2) is 8.78 Å². The zero-order valence-corrected chi connectivity index (χ0v) is 25.2. The molecule has 234 valence electrons. The fourth-order valence-electron chi connectivity index (χ4n) is 6.25. The number of rotatable bonds is 11. The Kier molecular flexibility index (Phi) is 9.68. The molecule has 5 rings (SSSR count). The van der Waals surface area contributed by atoms with Crippen LogP contribution in [0.5, 0.6) is 17.2 Å². The van der Waals surface area contributed by atoms with Crippen LogP contribution >= 0.6 is 0 Å². The Morgan fingerprint density at radius 2 is 1.68 bits per heavy atom. The number of halogens is 2. The summed E-state index contributed by atoms with van der Waals surface area (Å²) in [7, 11) is 0. The summed E-state index contributed by atoms with van der Waals surface area (Å²) in [5.41, 5.74) is 2.75. The van der Waals surface area contributed by atoms with Crippen LogP contribution in [-0.4, -0.2) is 54.8 Å². The molecule has 3 aromatic carbocycles. The fraction of sp³-hybridized carbons (Fsp3) is 0.412. The molecule has 2 aliphatic heterocycles. The molecule has 3 aromatic rings. The van der Waals surface area contributed by atoms with E-state index in [9.17, 15) is 19.1 Å². The smallest absolute Gasteiger partial charge is 0.309 e. The number of anilines is 1. The first-order chi connectivity index (χ1) is 21.2. The van der Waals surface area contributed by atoms with Crippen LogP contribution in [0.25, 0.3) is 0 Å². The summed E-state index contributed by atoms with van der Waals surface area (Å²) < 4.78 is 46.9. The van der Waals surface area contributed by atoms with Gasteiger partial charge in [-0.2, -0.15) is 0 Å². The van der Waals surface area contributed by atoms with Gasteiger partial charge in [-0.1, -0.05) is 32.9 Å². The molecule has 1 saturated heterocycles. The van der Waals surface area contributed by atoms with E-state index in [1.54, 1.807) is 35.2 Å². The standard InChI is InChI=1S/C34H38F2N2O6/c1-4-11-42-24-8-9-25(27(36)17-24)33-31(34(40)41)26(22-7-10-28-29(16-22)44-13-12-43-28)18-38(33)19-30(39)37-32-20(5-2)14-23(35)15-21(32)6-3/h7-10,14-17,26,31,33H,4-6,11-13,18-19H2,1-3H3,(H,37,39)(H,40,41)/t26-,31-,33+/m1/s1. The summed E-state index contributed by atoms with van der Waals surface area (Å²) in [5, 5.41) is 13.5. The largest absolute Gasteiger partial charge is 0.494 e. The highest BCUT2D eigenvalue weighted by molar-refractivity contribution is 5.94. The van der Waals surface area contributed by atoms with E-state index in [0.717, 1.165) is 6.42 Å². The van der Waals surface area contributed by atoms with E-state index in [-0.39, 0.29) is 24.5 Å². The van der Waals surface area contributed by atoms with Gasteiger partial charge >= 0.3 is 5.97 Å². The average Bonchev–Trinajstić information content (AvgIpc) is 3.39. The second-order valence-electron chi connectivity index (χ2n) is 11.1. The maximum absolute atomic E-state index is 15.7. The Balaban J connectivity index is 1.51. The van der Waals surface area contributed by atoms with Crippen LogP contribution < -0.4 is 19.5 Å². The first-order valence-electron chi connectivity index (χ1n) is 15.1. The van der Waals surface area contributed by atoms with Crippen molar-refractivity contribution in [2.24, 2.45) is 5.92 Å². The lowest BCUT2D eigenvalue weighted by Gasteiger charge is -2.28. The minimum atomic E-state index is -1.11. The van der Waals surface area contributed by atoms with E-state index in [1.807, 2.05) is 20.8 Å². The van der Waals surface area contributed by atoms with Gasteiger partial charge < -0.3 is 24.6 Å². The summed E-state index contributed by atoms with van der Waals surface area (Å²) in [5.74, 6) is -2.71. The molecule has 0 unspecified atom stereocenters. The van der Waals surface area contributed by atoms with Crippen molar-refractivity contribution >= 4 is 17.6 Å². The van der Waals surface area contributed by atoms with Crippen molar-refractivity contribution in [1.29, 1.82) is 0 Å². The van der Waals surface area contributed by atoms with Crippen molar-refractivity contribution in [3.8, 4) is 17.2 Å². The van der Waals surface area contributed by atoms with Crippen LogP contribution in [0.1, 0.15) is 61.4 Å². The molecule has 1 amide bonds. The number of aliphatic carboxylic acids is 1. The van der Waals surface area contributed by atoms with Crippen LogP contribution in [0.15, 0.2) is 48.5 Å². The third-order valence-electron chi connectivity index (χ3n) is 8.28. The highest BCUT2D eigenvalue weighted by Gasteiger charge is 2.49. The van der Waals surface area contributed by atoms with E-state index in [2.05, 4.69) is 5.32 Å². The predicted octanol–water partition coefficient (Wildman–Crippen LogP) is 6.13. The number of nitrogens with one attached hydrogen (secondary N) is 1. The number of fused-ring (bicyclic) bond motifs is 1. The number of nitrogens with zero attached hydrogens (tertiary/aromatic N) is 1. The molecule has 2 N–H and O–H groups in total. The van der Waals surface area contributed by atoms with Crippen molar-refractivity contribution < 1.29 is 37.7 Å². The zero-order chi connectivity index (χ0) is 31.4. The highest BCUT2D eigenvalue weighted by atomic mass is 19.1. The average molecular weight is 609 g/mol. The Hall–Kier alpha value is -4.18. The Morgan fingerprint density at radius 3 is 2.32 bits per heavy atom. The number of likely N-dealkylation sites (tertiary alicyclic amines) is 1. The fourth-order valence-corrected chi connectivity index (χ4v) is 6.25. The van der Waals surface area contributed by atoms with Gasteiger partial charge in [0, 0.05) is 29.8 Å². The van der Waals surface area contributed by atoms with Gasteiger partial charge in [0.2, 0.25) is 5.91 Å². The molecule has 2 aliphatic rings. The predicted molar refractivity (Wildman–Crippen MR) is 162 cm³/mol. The minimum Gasteiger partial charge on any atom is -0.494 e. The van der Waals surface area contributed by atoms with Gasteiger partial charge in [0.25, 0.3) is 0 Å². The maximum atomic E-state index is 15.7. The molecule has 0 bridgehead atoms. The third-order valence-corrected chi connectivity index (χ3v) is 8.28. The molecule has 8 nitrogen and oxygen atoms in total. The molecule has 44 heavy (non-hydrogen) atoms. The topological polar surface area (TPSA) is 97.3 Å². The molecule has 0 aromatic heterocycles. The van der Waals surface area contributed by atoms with E-state index in [0.29, 0.717) is 72.3 Å². The number of carbonyl (C=O) groups excluding carboxylic acids is 1. The molecule has 10 heteroatoms. The molecule has 0 saturated carbocycles. The Bertz CT molecular complexity index is 1500. The van der Waals surface area contributed by atoms with Gasteiger partial charge in [0.15, 0.2) is 11.5 Å². The van der Waals surface area contributed by atoms with Crippen molar-refractivity contribution in [3.05, 3.63) is 82.4 Å². The second kappa shape index (κ2) is 13.6. The first kappa shape index (κ1) is 31.3. The molecule has 0 radical (unpaired) electrons. The molecular formula is C34H38F2N2O6. The SMILES string of the molecule is CCCOc1ccc([C@H]2[C@H](C(=O)O)[C@@H](c3ccc4c(c3)OCCO4)CN2CC(=O)Nc2c(CC)cc(F)cc2CC)c(F)c1. The number of aryl methyl sites for hydroxylation is 2. The lowest BCUT2D eigenvalue weighted by atomic mass is 9.82. The summed E-state index contributed by atoms with van der Waals surface area (Å²) in [6, 6.07) is 11.6. The number of ether oxygens (including phenoxy) is 3. The Labute approximate surface area is 255 Å². The van der Waals surface area contributed by atoms with Crippen LogP contribution in [-0.2, 0) is 22.4 Å². The van der Waals surface area contributed by atoms with Crippen LogP contribution in [0.4, 0.5) is 14.5 Å².